The summed E-state index contributed by atoms with van der Waals surface area (Å²) in [6.45, 7) is 2.27. The van der Waals surface area contributed by atoms with Crippen LogP contribution in [0.2, 0.25) is 5.02 Å². The van der Waals surface area contributed by atoms with Crippen molar-refractivity contribution >= 4 is 71.2 Å². The summed E-state index contributed by atoms with van der Waals surface area (Å²) in [6.07, 6.45) is 2.02. The number of ether oxygens (including phenoxy) is 2. The predicted octanol–water partition coefficient (Wildman–Crippen LogP) is 7.76. The van der Waals surface area contributed by atoms with E-state index in [1.807, 2.05) is 6.92 Å². The first-order valence-corrected chi connectivity index (χ1v) is 17.9. The Bertz CT molecular complexity index is 1780. The van der Waals surface area contributed by atoms with Crippen LogP contribution in [0.1, 0.15) is 24.5 Å². The van der Waals surface area contributed by atoms with Crippen molar-refractivity contribution in [2.45, 2.75) is 20.0 Å². The van der Waals surface area contributed by atoms with Crippen LogP contribution >= 0.6 is 33.2 Å². The van der Waals surface area contributed by atoms with Crippen molar-refractivity contribution in [1.29, 1.82) is 5.26 Å². The lowest BCUT2D eigenvalue weighted by Crippen LogP contribution is -2.20. The molecule has 224 valence electrons. The van der Waals surface area contributed by atoms with Gasteiger partial charge >= 0.3 is 0 Å². The molecule has 0 spiro atoms. The maximum Gasteiger partial charge on any atom is 0.232 e. The highest BCUT2D eigenvalue weighted by atomic mass is 35.5. The molecule has 1 aliphatic rings. The summed E-state index contributed by atoms with van der Waals surface area (Å²) in [5.41, 5.74) is 2.69. The van der Waals surface area contributed by atoms with E-state index >= 15 is 0 Å². The molecule has 1 fully saturated rings. The first kappa shape index (κ1) is 31.1. The molecule has 1 aliphatic heterocycles. The van der Waals surface area contributed by atoms with Crippen LogP contribution in [0, 0.1) is 23.1 Å². The lowest BCUT2D eigenvalue weighted by Gasteiger charge is -2.17. The van der Waals surface area contributed by atoms with E-state index in [9.17, 15) is 18.1 Å². The van der Waals surface area contributed by atoms with Crippen LogP contribution < -0.4 is 19.5 Å². The molecule has 3 aromatic carbocycles. The molecule has 2 heterocycles. The minimum absolute atomic E-state index is 0.00386. The average molecular weight is 659 g/mol. The molecular formula is C30H28ClFN4O4S3. The summed E-state index contributed by atoms with van der Waals surface area (Å²) in [6, 6.07) is 16.6. The van der Waals surface area contributed by atoms with Gasteiger partial charge < -0.3 is 14.8 Å². The lowest BCUT2D eigenvalue weighted by molar-refractivity contribution is 0.306. The Morgan fingerprint density at radius 3 is 2.65 bits per heavy atom. The maximum atomic E-state index is 13.5. The van der Waals surface area contributed by atoms with Crippen molar-refractivity contribution < 1.29 is 22.3 Å². The number of nitrogens with one attached hydrogen (secondary N) is 2. The summed E-state index contributed by atoms with van der Waals surface area (Å²) in [5, 5.41) is 14.0. The quantitative estimate of drug-likeness (QED) is 0.147. The topological polar surface area (TPSA) is 113 Å². The molecule has 2 N–H and O–H groups in total. The van der Waals surface area contributed by atoms with E-state index in [1.54, 1.807) is 64.1 Å². The molecule has 0 aliphatic carbocycles. The van der Waals surface area contributed by atoms with Gasteiger partial charge in [-0.25, -0.2) is 12.8 Å². The Balaban J connectivity index is 1.42. The highest BCUT2D eigenvalue weighted by Crippen LogP contribution is 2.39. The normalized spacial score (nSPS) is 13.5. The van der Waals surface area contributed by atoms with Gasteiger partial charge in [0, 0.05) is 34.8 Å². The van der Waals surface area contributed by atoms with Crippen molar-refractivity contribution in [2.75, 3.05) is 33.9 Å². The van der Waals surface area contributed by atoms with Crippen molar-refractivity contribution in [3.63, 3.8) is 0 Å². The molecule has 4 aromatic rings. The van der Waals surface area contributed by atoms with E-state index < -0.39 is 10.0 Å². The molecule has 5 rings (SSSR count). The number of rotatable bonds is 12. The molecule has 0 bridgehead atoms. The van der Waals surface area contributed by atoms with Crippen molar-refractivity contribution in [1.82, 2.24) is 4.98 Å². The van der Waals surface area contributed by atoms with Crippen LogP contribution in [0.3, 0.4) is 0 Å². The van der Waals surface area contributed by atoms with Crippen LogP contribution in [0.5, 0.6) is 11.5 Å². The van der Waals surface area contributed by atoms with Gasteiger partial charge in [-0.2, -0.15) is 5.26 Å². The Morgan fingerprint density at radius 2 is 1.93 bits per heavy atom. The fourth-order valence-corrected chi connectivity index (χ4v) is 8.97. The minimum atomic E-state index is -3.66. The fraction of sp³-hybridized carbons (Fsp3) is 0.267. The number of nitriles is 1. The number of hydrogen-bond acceptors (Lipinski definition) is 9. The van der Waals surface area contributed by atoms with E-state index in [2.05, 4.69) is 21.1 Å². The van der Waals surface area contributed by atoms with Gasteiger partial charge in [-0.3, -0.25) is 9.71 Å². The van der Waals surface area contributed by atoms with E-state index in [4.69, 9.17) is 21.1 Å². The molecule has 0 saturated carbocycles. The van der Waals surface area contributed by atoms with E-state index in [1.165, 1.54) is 18.3 Å². The van der Waals surface area contributed by atoms with Gasteiger partial charge in [0.05, 0.1) is 39.8 Å². The van der Waals surface area contributed by atoms with E-state index in [0.717, 1.165) is 11.5 Å². The number of nitrogens with zero attached hydrogens (tertiary/aromatic N) is 2. The van der Waals surface area contributed by atoms with E-state index in [-0.39, 0.29) is 29.4 Å². The Hall–Kier alpha value is -3.37. The molecule has 1 saturated heterocycles. The molecule has 8 nitrogen and oxygen atoms in total. The minimum Gasteiger partial charge on any atom is -0.492 e. The molecule has 0 unspecified atom stereocenters. The number of sulfonamides is 1. The Morgan fingerprint density at radius 1 is 1.12 bits per heavy atom. The second-order valence-corrected chi connectivity index (χ2v) is 14.6. The SMILES string of the molecule is CCOc1cc2ncc(C#N)c(Nc3ccc(OCc4cccc(F)c4)c(Cl)c3)c2cc1NS(=O)(=O)CCC1CSSC1. The Labute approximate surface area is 262 Å². The maximum absolute atomic E-state index is 13.5. The van der Waals surface area contributed by atoms with Crippen molar-refractivity contribution in [3.05, 3.63) is 82.8 Å². The molecule has 0 atom stereocenters. The zero-order chi connectivity index (χ0) is 30.4. The lowest BCUT2D eigenvalue weighted by atomic mass is 10.1. The van der Waals surface area contributed by atoms with Crippen molar-refractivity contribution in [2.24, 2.45) is 5.92 Å². The van der Waals surface area contributed by atoms with Crippen LogP contribution in [0.15, 0.2) is 60.8 Å². The van der Waals surface area contributed by atoms with Gasteiger partial charge in [0.1, 0.15) is 30.0 Å². The monoisotopic (exact) mass is 658 g/mol. The summed E-state index contributed by atoms with van der Waals surface area (Å²) in [5.74, 6) is 2.65. The average Bonchev–Trinajstić information content (AvgIpc) is 3.51. The summed E-state index contributed by atoms with van der Waals surface area (Å²) < 4.78 is 53.9. The number of hydrogen-bond donors (Lipinski definition) is 2. The second kappa shape index (κ2) is 13.9. The standard InChI is InChI=1S/C30H28ClFN4O4S3/c1-2-39-29-13-26-24(12-27(29)36-43(37,38)9-8-20-17-41-42-18-20)30(21(14-33)15-34-26)35-23-6-7-28(25(31)11-23)40-16-19-4-3-5-22(32)10-19/h3-7,10-13,15,20,36H,2,8-9,16-18H2,1H3,(H,34,35). The van der Waals surface area contributed by atoms with Crippen molar-refractivity contribution in [3.8, 4) is 17.6 Å². The van der Waals surface area contributed by atoms with Crippen LogP contribution in [-0.4, -0.2) is 37.3 Å². The summed E-state index contributed by atoms with van der Waals surface area (Å²) >= 11 is 6.50. The van der Waals surface area contributed by atoms with Gasteiger partial charge in [-0.15, -0.1) is 0 Å². The number of halogens is 2. The van der Waals surface area contributed by atoms with Crippen LogP contribution in [-0.2, 0) is 16.6 Å². The third-order valence-corrected chi connectivity index (χ3v) is 10.9. The van der Waals surface area contributed by atoms with Gasteiger partial charge in [-0.05, 0) is 61.2 Å². The van der Waals surface area contributed by atoms with Gasteiger partial charge in [0.2, 0.25) is 10.0 Å². The first-order valence-electron chi connectivity index (χ1n) is 13.4. The zero-order valence-corrected chi connectivity index (χ0v) is 26.3. The third-order valence-electron chi connectivity index (χ3n) is 6.63. The zero-order valence-electron chi connectivity index (χ0n) is 23.1. The number of fused-ring (bicyclic) bond motifs is 1. The fourth-order valence-electron chi connectivity index (χ4n) is 4.47. The predicted molar refractivity (Wildman–Crippen MR) is 174 cm³/mol. The molecule has 0 radical (unpaired) electrons. The molecule has 43 heavy (non-hydrogen) atoms. The van der Waals surface area contributed by atoms with Crippen LogP contribution in [0.4, 0.5) is 21.5 Å². The number of anilines is 3. The third kappa shape index (κ3) is 7.97. The molecular weight excluding hydrogens is 631 g/mol. The molecule has 13 heteroatoms. The number of pyridine rings is 1. The Kier molecular flexibility index (Phi) is 10.1. The first-order chi connectivity index (χ1) is 20.7. The molecule has 0 amide bonds. The van der Waals surface area contributed by atoms with Gasteiger partial charge in [0.15, 0.2) is 0 Å². The van der Waals surface area contributed by atoms with E-state index in [0.29, 0.717) is 63.3 Å². The van der Waals surface area contributed by atoms with Crippen LogP contribution in [0.25, 0.3) is 10.9 Å². The highest BCUT2D eigenvalue weighted by Gasteiger charge is 2.22. The summed E-state index contributed by atoms with van der Waals surface area (Å²) in [7, 11) is -0.124. The largest absolute Gasteiger partial charge is 0.492 e. The smallest absolute Gasteiger partial charge is 0.232 e. The highest BCUT2D eigenvalue weighted by molar-refractivity contribution is 8.77. The number of benzene rings is 3. The summed E-state index contributed by atoms with van der Waals surface area (Å²) in [4.78, 5) is 4.42. The van der Waals surface area contributed by atoms with Gasteiger partial charge in [0.25, 0.3) is 0 Å². The second-order valence-electron chi connectivity index (χ2n) is 9.79. The molecule has 1 aromatic heterocycles. The van der Waals surface area contributed by atoms with Gasteiger partial charge in [-0.1, -0.05) is 45.3 Å². The number of aromatic nitrogens is 1.